The first-order valence-electron chi connectivity index (χ1n) is 35.0. The largest absolute Gasteiger partial charge is 0.497 e. The molecule has 2 unspecified atom stereocenters. The van der Waals surface area contributed by atoms with Crippen LogP contribution in [-0.4, -0.2) is 199 Å². The number of ether oxygens (including phenoxy) is 16. The molecule has 105 heavy (non-hydrogen) atoms. The van der Waals surface area contributed by atoms with Gasteiger partial charge in [-0.25, -0.2) is 14.4 Å². The highest BCUT2D eigenvalue weighted by molar-refractivity contribution is 6.99. The molecule has 0 saturated carbocycles. The molecular formula is C80H110O23Si2. The van der Waals surface area contributed by atoms with Crippen molar-refractivity contribution in [3.8, 4) is 23.0 Å². The van der Waals surface area contributed by atoms with Gasteiger partial charge in [0.2, 0.25) is 0 Å². The van der Waals surface area contributed by atoms with Crippen LogP contribution in [0.15, 0.2) is 152 Å². The first-order valence-corrected chi connectivity index (χ1v) is 40.6. The van der Waals surface area contributed by atoms with Crippen molar-refractivity contribution in [2.75, 3.05) is 76.4 Å². The molecule has 0 bridgehead atoms. The van der Waals surface area contributed by atoms with Gasteiger partial charge in [0.25, 0.3) is 8.32 Å². The second-order valence-electron chi connectivity index (χ2n) is 28.4. The summed E-state index contributed by atoms with van der Waals surface area (Å²) in [7, 11) is 4.48. The van der Waals surface area contributed by atoms with Crippen LogP contribution >= 0.6 is 0 Å². The van der Waals surface area contributed by atoms with E-state index in [2.05, 4.69) is 88.9 Å². The van der Waals surface area contributed by atoms with Crippen molar-refractivity contribution < 1.29 is 110 Å². The van der Waals surface area contributed by atoms with Gasteiger partial charge < -0.3 is 95.5 Å². The molecule has 2 aliphatic rings. The minimum absolute atomic E-state index is 0.0136. The maximum absolute atomic E-state index is 13.9. The summed E-state index contributed by atoms with van der Waals surface area (Å²) in [5, 5.41) is 32.5. The molecule has 5 aromatic rings. The molecule has 7 rings (SSSR count). The van der Waals surface area contributed by atoms with Crippen LogP contribution in [0.5, 0.6) is 23.0 Å². The Kier molecular flexibility index (Phi) is 33.8. The Hall–Kier alpha value is -7.42. The van der Waals surface area contributed by atoms with Gasteiger partial charge in [0.05, 0.1) is 50.8 Å². The fraction of sp³-hybridized carbons (Fsp3) is 0.487. The highest BCUT2D eigenvalue weighted by atomic mass is 28.4. The second-order valence-corrected chi connectivity index (χ2v) is 38.3. The summed E-state index contributed by atoms with van der Waals surface area (Å²) in [6.45, 7) is 24.1. The van der Waals surface area contributed by atoms with Crippen molar-refractivity contribution in [2.45, 2.75) is 178 Å². The Morgan fingerprint density at radius 2 is 1.03 bits per heavy atom. The lowest BCUT2D eigenvalue weighted by Crippen LogP contribution is -2.68. The SMILES string of the molecule is COCOc1cc(OC)cc(/C=C/C[C@@H]2OC(C)(C)O[C@@H]2C(/C=C\[C@@H](OCOC)[C@H](C)O[Si](c2ccccc2)(c2ccccc2)C(C)(C)C)OC(=O)c2ccccc2)c1C(=O)OCC[Si](C)(C)C.COCOc1cc(OC)cc(/C=C/C[C@@H]2OC(C)(C)O[C@@H]2C(O)/C=C\[C@@H](OCOC)[C@H](C)O)c1C(=O)O. The maximum atomic E-state index is 13.9. The maximum Gasteiger partial charge on any atom is 0.342 e. The highest BCUT2D eigenvalue weighted by Crippen LogP contribution is 2.40. The molecule has 2 heterocycles. The Morgan fingerprint density at radius 1 is 0.571 bits per heavy atom. The molecule has 25 heteroatoms. The molecule has 0 aromatic heterocycles. The van der Waals surface area contributed by atoms with Gasteiger partial charge in [-0.1, -0.05) is 162 Å². The predicted octanol–water partition coefficient (Wildman–Crippen LogP) is 12.4. The van der Waals surface area contributed by atoms with Gasteiger partial charge in [0.1, 0.15) is 84.3 Å². The van der Waals surface area contributed by atoms with E-state index >= 15 is 0 Å². The normalized spacial score (nSPS) is 19.2. The number of esters is 2. The minimum Gasteiger partial charge on any atom is -0.497 e. The molecule has 23 nitrogen and oxygen atoms in total. The quantitative estimate of drug-likeness (QED) is 0.0143. The van der Waals surface area contributed by atoms with Crippen LogP contribution in [0.3, 0.4) is 0 Å². The van der Waals surface area contributed by atoms with Crippen LogP contribution in [0.1, 0.15) is 117 Å². The van der Waals surface area contributed by atoms with Gasteiger partial charge >= 0.3 is 17.9 Å². The highest BCUT2D eigenvalue weighted by Gasteiger charge is 2.52. The lowest BCUT2D eigenvalue weighted by molar-refractivity contribution is -0.153. The smallest absolute Gasteiger partial charge is 0.342 e. The molecule has 2 fully saturated rings. The summed E-state index contributed by atoms with van der Waals surface area (Å²) in [4.78, 5) is 39.7. The third-order valence-corrected chi connectivity index (χ3v) is 23.8. The van der Waals surface area contributed by atoms with E-state index in [1.807, 2.05) is 57.2 Å². The molecule has 0 spiro atoms. The van der Waals surface area contributed by atoms with E-state index in [0.717, 1.165) is 16.4 Å². The minimum atomic E-state index is -3.02. The number of aliphatic hydroxyl groups is 2. The van der Waals surface area contributed by atoms with Crippen LogP contribution in [0, 0.1) is 0 Å². The van der Waals surface area contributed by atoms with Crippen molar-refractivity contribution in [3.63, 3.8) is 0 Å². The Bertz CT molecular complexity index is 3570. The molecule has 0 aliphatic carbocycles. The summed E-state index contributed by atoms with van der Waals surface area (Å²) in [5.41, 5.74) is 1.46. The molecule has 576 valence electrons. The summed E-state index contributed by atoms with van der Waals surface area (Å²) in [6.07, 6.45) is 7.01. The first-order chi connectivity index (χ1) is 49.8. The average molecular weight is 1500 g/mol. The van der Waals surface area contributed by atoms with Gasteiger partial charge in [0.15, 0.2) is 25.2 Å². The lowest BCUT2D eigenvalue weighted by Gasteiger charge is -2.45. The number of rotatable bonds is 39. The van der Waals surface area contributed by atoms with Gasteiger partial charge in [-0.3, -0.25) is 0 Å². The Labute approximate surface area is 621 Å². The van der Waals surface area contributed by atoms with Crippen LogP contribution in [-0.2, 0) is 61.3 Å². The molecule has 3 N–H and O–H groups in total. The number of methoxy groups -OCH3 is 6. The number of hydrogen-bond donors (Lipinski definition) is 3. The first kappa shape index (κ1) is 86.5. The number of carbonyl (C=O) groups is 3. The van der Waals surface area contributed by atoms with Crippen molar-refractivity contribution in [3.05, 3.63) is 180 Å². The zero-order chi connectivity index (χ0) is 77.1. The topological polar surface area (TPSA) is 269 Å². The van der Waals surface area contributed by atoms with Gasteiger partial charge in [-0.15, -0.1) is 0 Å². The van der Waals surface area contributed by atoms with Crippen molar-refractivity contribution in [1.82, 2.24) is 0 Å². The number of benzene rings is 5. The van der Waals surface area contributed by atoms with Gasteiger partial charge in [-0.2, -0.15) is 0 Å². The van der Waals surface area contributed by atoms with Crippen LogP contribution in [0.25, 0.3) is 12.2 Å². The van der Waals surface area contributed by atoms with E-state index in [4.69, 9.17) is 80.2 Å². The fourth-order valence-corrected chi connectivity index (χ4v) is 17.5. The third kappa shape index (κ3) is 25.6. The van der Waals surface area contributed by atoms with Crippen molar-refractivity contribution in [2.24, 2.45) is 0 Å². The standard InChI is InChI=1S/C54H72O12Si2.C26H38O11/c1-39(66-68(53(2,3)4,43-26-18-14-19-27-43)44-28-20-15-21-29-44)45(61-37-57-7)31-32-46(63-51(55)40-23-16-13-17-24-40)50-47(64-54(5,6)65-50)30-22-25-41-35-42(59-9)36-48(62-38-58-8)49(41)52(56)60-33-34-67(10,11)12;1-16(27)20(34-14-31-4)11-10-19(28)24-21(36-26(2,3)37-24)9-7-8-17-12-18(33-6)13-22(35-15-32-5)23(17)25(29)30/h13-29,31-32,35-36,39,45-47,50H,30,33-34,37-38H2,1-12H3;7-8,10-13,16,19-21,24,27-28H,9,14-15H2,1-6H3,(H,29,30)/b25-22+,32-31-;8-7+,11-10-/t39-,45+,46?,47-,50+;16-,19?,20+,21-,24+/m00/s1. The zero-order valence-electron chi connectivity index (χ0n) is 64.0. The monoisotopic (exact) mass is 1490 g/mol. The number of aliphatic hydroxyl groups excluding tert-OH is 2. The third-order valence-electron chi connectivity index (χ3n) is 17.0. The van der Waals surface area contributed by atoms with E-state index in [-0.39, 0.29) is 61.4 Å². The van der Waals surface area contributed by atoms with Crippen molar-refractivity contribution >= 4 is 56.8 Å². The molecule has 5 aromatic carbocycles. The summed E-state index contributed by atoms with van der Waals surface area (Å²) >= 11 is 0. The molecule has 0 amide bonds. The molecular weight excluding hydrogens is 1390 g/mol. The van der Waals surface area contributed by atoms with E-state index in [0.29, 0.717) is 41.0 Å². The number of aromatic carboxylic acids is 1. The van der Waals surface area contributed by atoms with E-state index < -0.39 is 107 Å². The van der Waals surface area contributed by atoms with E-state index in [1.165, 1.54) is 40.6 Å². The van der Waals surface area contributed by atoms with E-state index in [1.54, 1.807) is 102 Å². The van der Waals surface area contributed by atoms with Gasteiger partial charge in [0, 0.05) is 48.6 Å². The van der Waals surface area contributed by atoms with Crippen molar-refractivity contribution in [1.29, 1.82) is 0 Å². The second kappa shape index (κ2) is 41.1. The molecule has 2 saturated heterocycles. The molecule has 10 atom stereocenters. The predicted molar refractivity (Wildman–Crippen MR) is 405 cm³/mol. The zero-order valence-corrected chi connectivity index (χ0v) is 66.0. The fourth-order valence-electron chi connectivity index (χ4n) is 12.0. The molecule has 2 aliphatic heterocycles. The Morgan fingerprint density at radius 3 is 1.50 bits per heavy atom. The Balaban J connectivity index is 0.000000394. The van der Waals surface area contributed by atoms with Crippen LogP contribution < -0.4 is 29.3 Å². The van der Waals surface area contributed by atoms with Gasteiger partial charge in [-0.05, 0) is 117 Å². The summed E-state index contributed by atoms with van der Waals surface area (Å²) < 4.78 is 99.2. The number of hydrogen-bond acceptors (Lipinski definition) is 22. The lowest BCUT2D eigenvalue weighted by atomic mass is 10.0. The van der Waals surface area contributed by atoms with Crippen LogP contribution in [0.2, 0.25) is 30.7 Å². The summed E-state index contributed by atoms with van der Waals surface area (Å²) in [5.74, 6) is -2.96. The number of carboxylic acids is 1. The van der Waals surface area contributed by atoms with E-state index in [9.17, 15) is 29.7 Å². The number of carbonyl (C=O) groups excluding carboxylic acids is 2. The average Bonchev–Trinajstić information content (AvgIpc) is 1.68. The summed E-state index contributed by atoms with van der Waals surface area (Å²) in [6, 6.07) is 36.9. The number of carboxylic acid groups (broad SMARTS) is 1. The molecule has 0 radical (unpaired) electrons. The van der Waals surface area contributed by atoms with Crippen LogP contribution in [0.4, 0.5) is 0 Å².